The zero-order valence-corrected chi connectivity index (χ0v) is 23.1. The molecular formula is C24H41IN4O4. The molecule has 188 valence electrons. The average Bonchev–Trinajstić information content (AvgIpc) is 2.80. The molecule has 1 N–H and O–H groups in total. The van der Waals surface area contributed by atoms with Crippen LogP contribution in [0, 0.1) is 5.41 Å². The monoisotopic (exact) mass is 576 g/mol. The minimum absolute atomic E-state index is 0. The zero-order valence-electron chi connectivity index (χ0n) is 20.8. The molecule has 0 atom stereocenters. The third kappa shape index (κ3) is 7.02. The molecule has 2 fully saturated rings. The SMILES string of the molecule is CN=C(NCC1(CCOC)CCC1)N1CCN(Cc2cc(OC)c(OC)c(OC)c2)CC1.I. The van der Waals surface area contributed by atoms with Gasteiger partial charge in [-0.25, -0.2) is 0 Å². The number of nitrogens with one attached hydrogen (secondary N) is 1. The lowest BCUT2D eigenvalue weighted by atomic mass is 9.67. The lowest BCUT2D eigenvalue weighted by Gasteiger charge is -2.43. The normalized spacial score (nSPS) is 18.2. The maximum absolute atomic E-state index is 5.50. The van der Waals surface area contributed by atoms with Crippen molar-refractivity contribution in [3.63, 3.8) is 0 Å². The summed E-state index contributed by atoms with van der Waals surface area (Å²) in [5, 5.41) is 3.65. The summed E-state index contributed by atoms with van der Waals surface area (Å²) in [6.07, 6.45) is 5.01. The van der Waals surface area contributed by atoms with Crippen molar-refractivity contribution >= 4 is 29.9 Å². The minimum Gasteiger partial charge on any atom is -0.493 e. The van der Waals surface area contributed by atoms with Crippen molar-refractivity contribution < 1.29 is 18.9 Å². The fourth-order valence-corrected chi connectivity index (χ4v) is 4.71. The lowest BCUT2D eigenvalue weighted by Crippen LogP contribution is -2.54. The van der Waals surface area contributed by atoms with Gasteiger partial charge in [0.15, 0.2) is 17.5 Å². The standard InChI is InChI=1S/C24H40N4O4.HI/c1-25-23(26-18-24(7-6-8-24)9-14-29-2)28-12-10-27(11-13-28)17-19-15-20(30-3)22(32-5)21(16-19)31-4;/h15-16H,6-14,17-18H2,1-5H3,(H,25,26);1H. The van der Waals surface area contributed by atoms with Crippen LogP contribution in [0.1, 0.15) is 31.2 Å². The predicted molar refractivity (Wildman–Crippen MR) is 143 cm³/mol. The summed E-state index contributed by atoms with van der Waals surface area (Å²) in [5.74, 6) is 3.04. The second-order valence-corrected chi connectivity index (χ2v) is 8.79. The van der Waals surface area contributed by atoms with Gasteiger partial charge in [-0.3, -0.25) is 9.89 Å². The first kappa shape index (κ1) is 27.8. The Balaban J connectivity index is 0.00000385. The number of halogens is 1. The van der Waals surface area contributed by atoms with E-state index in [4.69, 9.17) is 18.9 Å². The number of ether oxygens (including phenoxy) is 4. The molecule has 3 rings (SSSR count). The van der Waals surface area contributed by atoms with Gasteiger partial charge in [0.25, 0.3) is 0 Å². The number of methoxy groups -OCH3 is 4. The van der Waals surface area contributed by atoms with Crippen molar-refractivity contribution in [1.82, 2.24) is 15.1 Å². The molecule has 1 aromatic carbocycles. The number of rotatable bonds is 10. The van der Waals surface area contributed by atoms with Crippen molar-refractivity contribution in [3.05, 3.63) is 17.7 Å². The molecule has 8 nitrogen and oxygen atoms in total. The quantitative estimate of drug-likeness (QED) is 0.261. The van der Waals surface area contributed by atoms with Crippen LogP contribution in [-0.2, 0) is 11.3 Å². The molecule has 1 aromatic rings. The van der Waals surface area contributed by atoms with E-state index in [0.717, 1.165) is 63.8 Å². The minimum atomic E-state index is 0. The maximum Gasteiger partial charge on any atom is 0.203 e. The molecule has 0 spiro atoms. The third-order valence-electron chi connectivity index (χ3n) is 6.89. The van der Waals surface area contributed by atoms with Gasteiger partial charge in [0.05, 0.1) is 21.3 Å². The molecule has 0 unspecified atom stereocenters. The fourth-order valence-electron chi connectivity index (χ4n) is 4.71. The van der Waals surface area contributed by atoms with Crippen molar-refractivity contribution in [2.75, 3.05) is 74.8 Å². The highest BCUT2D eigenvalue weighted by atomic mass is 127. The highest BCUT2D eigenvalue weighted by molar-refractivity contribution is 14.0. The van der Waals surface area contributed by atoms with Gasteiger partial charge in [-0.15, -0.1) is 24.0 Å². The molecule has 1 saturated carbocycles. The van der Waals surface area contributed by atoms with Crippen LogP contribution >= 0.6 is 24.0 Å². The molecule has 0 bridgehead atoms. The number of hydrogen-bond acceptors (Lipinski definition) is 6. The summed E-state index contributed by atoms with van der Waals surface area (Å²) in [7, 11) is 8.61. The molecule has 0 amide bonds. The van der Waals surface area contributed by atoms with Gasteiger partial charge in [0, 0.05) is 60.0 Å². The van der Waals surface area contributed by atoms with Crippen molar-refractivity contribution in [3.8, 4) is 17.2 Å². The van der Waals surface area contributed by atoms with E-state index in [-0.39, 0.29) is 24.0 Å². The summed E-state index contributed by atoms with van der Waals surface area (Å²) in [6.45, 7) is 6.52. The second-order valence-electron chi connectivity index (χ2n) is 8.79. The summed E-state index contributed by atoms with van der Waals surface area (Å²) in [5.41, 5.74) is 1.53. The molecular weight excluding hydrogens is 535 g/mol. The van der Waals surface area contributed by atoms with Crippen LogP contribution in [0.3, 0.4) is 0 Å². The van der Waals surface area contributed by atoms with E-state index in [9.17, 15) is 0 Å². The number of guanidine groups is 1. The van der Waals surface area contributed by atoms with Gasteiger partial charge in [-0.05, 0) is 42.4 Å². The summed E-state index contributed by atoms with van der Waals surface area (Å²) < 4.78 is 21.8. The molecule has 1 aliphatic carbocycles. The Bertz CT molecular complexity index is 740. The van der Waals surface area contributed by atoms with Crippen molar-refractivity contribution in [2.45, 2.75) is 32.2 Å². The van der Waals surface area contributed by atoms with E-state index in [1.165, 1.54) is 19.3 Å². The Hall–Kier alpha value is -1.46. The number of hydrogen-bond donors (Lipinski definition) is 1. The van der Waals surface area contributed by atoms with E-state index in [2.05, 4.69) is 20.1 Å². The van der Waals surface area contributed by atoms with Gasteiger partial charge >= 0.3 is 0 Å². The first-order valence-electron chi connectivity index (χ1n) is 11.5. The van der Waals surface area contributed by atoms with Crippen LogP contribution < -0.4 is 19.5 Å². The van der Waals surface area contributed by atoms with Gasteiger partial charge < -0.3 is 29.2 Å². The smallest absolute Gasteiger partial charge is 0.203 e. The Morgan fingerprint density at radius 1 is 1.00 bits per heavy atom. The third-order valence-corrected chi connectivity index (χ3v) is 6.89. The predicted octanol–water partition coefficient (Wildman–Crippen LogP) is 3.23. The van der Waals surface area contributed by atoms with Crippen LogP contribution in [0.25, 0.3) is 0 Å². The van der Waals surface area contributed by atoms with Crippen LogP contribution in [0.5, 0.6) is 17.2 Å². The Morgan fingerprint density at radius 2 is 1.64 bits per heavy atom. The van der Waals surface area contributed by atoms with Gasteiger partial charge in [-0.2, -0.15) is 0 Å². The molecule has 1 saturated heterocycles. The second kappa shape index (κ2) is 13.4. The fraction of sp³-hybridized carbons (Fsp3) is 0.708. The highest BCUT2D eigenvalue weighted by Gasteiger charge is 2.37. The zero-order chi connectivity index (χ0) is 23.0. The number of piperazine rings is 1. The van der Waals surface area contributed by atoms with E-state index in [1.54, 1.807) is 28.4 Å². The summed E-state index contributed by atoms with van der Waals surface area (Å²) in [4.78, 5) is 9.39. The number of nitrogens with zero attached hydrogens (tertiary/aromatic N) is 3. The van der Waals surface area contributed by atoms with Gasteiger partial charge in [0.1, 0.15) is 0 Å². The molecule has 0 radical (unpaired) electrons. The number of benzene rings is 1. The topological polar surface area (TPSA) is 67.8 Å². The largest absolute Gasteiger partial charge is 0.493 e. The summed E-state index contributed by atoms with van der Waals surface area (Å²) >= 11 is 0. The molecule has 9 heteroatoms. The van der Waals surface area contributed by atoms with E-state index in [0.29, 0.717) is 22.7 Å². The van der Waals surface area contributed by atoms with E-state index in [1.807, 2.05) is 19.2 Å². The van der Waals surface area contributed by atoms with Crippen LogP contribution in [-0.4, -0.2) is 90.6 Å². The Labute approximate surface area is 216 Å². The van der Waals surface area contributed by atoms with Crippen LogP contribution in [0.15, 0.2) is 17.1 Å². The average molecular weight is 577 g/mol. The molecule has 1 heterocycles. The molecule has 1 aliphatic heterocycles. The first-order valence-corrected chi connectivity index (χ1v) is 11.5. The van der Waals surface area contributed by atoms with E-state index >= 15 is 0 Å². The van der Waals surface area contributed by atoms with Crippen LogP contribution in [0.2, 0.25) is 0 Å². The lowest BCUT2D eigenvalue weighted by molar-refractivity contribution is 0.0721. The summed E-state index contributed by atoms with van der Waals surface area (Å²) in [6, 6.07) is 4.07. The number of aliphatic imine (C=N–C) groups is 1. The first-order chi connectivity index (χ1) is 15.6. The molecule has 2 aliphatic rings. The maximum atomic E-state index is 5.50. The van der Waals surface area contributed by atoms with Crippen LogP contribution in [0.4, 0.5) is 0 Å². The highest BCUT2D eigenvalue weighted by Crippen LogP contribution is 2.43. The van der Waals surface area contributed by atoms with Crippen molar-refractivity contribution in [2.24, 2.45) is 10.4 Å². The van der Waals surface area contributed by atoms with E-state index < -0.39 is 0 Å². The Kier molecular flexibility index (Phi) is 11.3. The van der Waals surface area contributed by atoms with Gasteiger partial charge in [-0.1, -0.05) is 6.42 Å². The Morgan fingerprint density at radius 3 is 2.09 bits per heavy atom. The van der Waals surface area contributed by atoms with Gasteiger partial charge in [0.2, 0.25) is 5.75 Å². The molecule has 33 heavy (non-hydrogen) atoms. The molecule has 0 aromatic heterocycles. The van der Waals surface area contributed by atoms with Crippen molar-refractivity contribution in [1.29, 1.82) is 0 Å².